The van der Waals surface area contributed by atoms with Gasteiger partial charge in [0.2, 0.25) is 5.88 Å². The van der Waals surface area contributed by atoms with Gasteiger partial charge in [-0.05, 0) is 44.4 Å². The van der Waals surface area contributed by atoms with Crippen LogP contribution in [0.2, 0.25) is 0 Å². The average Bonchev–Trinajstić information content (AvgIpc) is 3.35. The number of hydrogen-bond donors (Lipinski definition) is 1. The molecular weight excluding hydrogens is 318 g/mol. The minimum absolute atomic E-state index is 0.0680. The Labute approximate surface area is 148 Å². The lowest BCUT2D eigenvalue weighted by Gasteiger charge is -2.37. The number of carbonyl (C=O) groups is 1. The summed E-state index contributed by atoms with van der Waals surface area (Å²) in [6, 6.07) is 0.135. The Balaban J connectivity index is 1.41. The molecule has 1 aromatic rings. The number of ether oxygens (including phenoxy) is 1. The van der Waals surface area contributed by atoms with Crippen LogP contribution >= 0.6 is 0 Å². The van der Waals surface area contributed by atoms with Gasteiger partial charge in [-0.3, -0.25) is 4.79 Å². The Bertz CT molecular complexity index is 602. The number of rotatable bonds is 5. The lowest BCUT2D eigenvalue weighted by atomic mass is 9.80. The third-order valence-corrected chi connectivity index (χ3v) is 5.85. The topological polar surface area (TPSA) is 75.5 Å². The fourth-order valence-electron chi connectivity index (χ4n) is 4.21. The van der Waals surface area contributed by atoms with E-state index in [4.69, 9.17) is 4.74 Å². The van der Waals surface area contributed by atoms with Gasteiger partial charge < -0.3 is 14.7 Å². The van der Waals surface area contributed by atoms with Crippen LogP contribution in [0.15, 0.2) is 12.4 Å². The predicted molar refractivity (Wildman–Crippen MR) is 92.3 cm³/mol. The van der Waals surface area contributed by atoms with Crippen molar-refractivity contribution in [2.75, 3.05) is 13.2 Å². The van der Waals surface area contributed by atoms with E-state index in [1.54, 1.807) is 6.20 Å². The number of likely N-dealkylation sites (tertiary alicyclic amines) is 1. The highest BCUT2D eigenvalue weighted by molar-refractivity contribution is 5.92. The van der Waals surface area contributed by atoms with Crippen molar-refractivity contribution in [2.45, 2.75) is 63.5 Å². The quantitative estimate of drug-likeness (QED) is 0.887. The van der Waals surface area contributed by atoms with Crippen molar-refractivity contribution in [3.05, 3.63) is 18.1 Å². The number of amides is 1. The highest BCUT2D eigenvalue weighted by Crippen LogP contribution is 2.35. The molecule has 2 heterocycles. The van der Waals surface area contributed by atoms with Crippen LogP contribution in [-0.2, 0) is 0 Å². The molecule has 6 nitrogen and oxygen atoms in total. The maximum Gasteiger partial charge on any atom is 0.274 e. The fourth-order valence-corrected chi connectivity index (χ4v) is 4.21. The fraction of sp³-hybridized carbons (Fsp3) is 0.737. The molecular formula is C19H27N3O3. The molecule has 136 valence electrons. The number of aromatic nitrogens is 2. The van der Waals surface area contributed by atoms with Gasteiger partial charge in [0.15, 0.2) is 0 Å². The second kappa shape index (κ2) is 7.28. The van der Waals surface area contributed by atoms with Crippen molar-refractivity contribution in [1.29, 1.82) is 0 Å². The largest absolute Gasteiger partial charge is 0.476 e. The van der Waals surface area contributed by atoms with Gasteiger partial charge in [-0.2, -0.15) is 0 Å². The summed E-state index contributed by atoms with van der Waals surface area (Å²) in [5, 5.41) is 10.4. The zero-order chi connectivity index (χ0) is 17.2. The zero-order valence-electron chi connectivity index (χ0n) is 14.6. The molecule has 1 amide bonds. The molecule has 1 aliphatic heterocycles. The van der Waals surface area contributed by atoms with E-state index < -0.39 is 0 Å². The van der Waals surface area contributed by atoms with Crippen molar-refractivity contribution < 1.29 is 14.6 Å². The Kier molecular flexibility index (Phi) is 4.88. The lowest BCUT2D eigenvalue weighted by Crippen LogP contribution is -2.45. The van der Waals surface area contributed by atoms with Crippen molar-refractivity contribution >= 4 is 5.91 Å². The number of aliphatic hydroxyl groups is 1. The van der Waals surface area contributed by atoms with E-state index in [1.807, 2.05) is 4.90 Å². The Morgan fingerprint density at radius 2 is 1.96 bits per heavy atom. The molecule has 1 saturated heterocycles. The highest BCUT2D eigenvalue weighted by Gasteiger charge is 2.39. The van der Waals surface area contributed by atoms with E-state index >= 15 is 0 Å². The molecule has 1 aromatic heterocycles. The summed E-state index contributed by atoms with van der Waals surface area (Å²) >= 11 is 0. The van der Waals surface area contributed by atoms with Gasteiger partial charge in [-0.1, -0.05) is 12.8 Å². The predicted octanol–water partition coefficient (Wildman–Crippen LogP) is 2.42. The minimum Gasteiger partial charge on any atom is -0.476 e. The third kappa shape index (κ3) is 3.78. The maximum absolute atomic E-state index is 12.9. The van der Waals surface area contributed by atoms with Crippen LogP contribution in [0.25, 0.3) is 0 Å². The molecule has 4 rings (SSSR count). The minimum atomic E-state index is -0.281. The first kappa shape index (κ1) is 16.8. The SMILES string of the molecule is O=C(c1cnc(OCC2CC2)cn1)N1CCC[C@@H]1[C@H]1CCCC[C@H]1O. The molecule has 1 N–H and O–H groups in total. The van der Waals surface area contributed by atoms with Gasteiger partial charge >= 0.3 is 0 Å². The molecule has 6 heteroatoms. The first-order valence-corrected chi connectivity index (χ1v) is 9.66. The van der Waals surface area contributed by atoms with E-state index in [0.717, 1.165) is 45.1 Å². The summed E-state index contributed by atoms with van der Waals surface area (Å²) in [4.78, 5) is 23.3. The summed E-state index contributed by atoms with van der Waals surface area (Å²) in [6.45, 7) is 1.43. The first-order valence-electron chi connectivity index (χ1n) is 9.66. The van der Waals surface area contributed by atoms with Crippen molar-refractivity contribution in [1.82, 2.24) is 14.9 Å². The lowest BCUT2D eigenvalue weighted by molar-refractivity contribution is 0.0209. The van der Waals surface area contributed by atoms with Crippen LogP contribution in [0.5, 0.6) is 5.88 Å². The molecule has 3 atom stereocenters. The molecule has 2 aliphatic carbocycles. The maximum atomic E-state index is 12.9. The molecule has 3 aliphatic rings. The average molecular weight is 345 g/mol. The van der Waals surface area contributed by atoms with Crippen molar-refractivity contribution in [3.63, 3.8) is 0 Å². The van der Waals surface area contributed by atoms with Gasteiger partial charge in [0.05, 0.1) is 25.1 Å². The summed E-state index contributed by atoms with van der Waals surface area (Å²) in [5.74, 6) is 1.29. The Morgan fingerprint density at radius 3 is 2.68 bits per heavy atom. The molecule has 0 aromatic carbocycles. The second-order valence-corrected chi connectivity index (χ2v) is 7.72. The normalized spacial score (nSPS) is 29.6. The van der Waals surface area contributed by atoms with Gasteiger partial charge in [-0.25, -0.2) is 9.97 Å². The van der Waals surface area contributed by atoms with E-state index in [0.29, 0.717) is 24.1 Å². The number of nitrogens with zero attached hydrogens (tertiary/aromatic N) is 3. The Hall–Kier alpha value is -1.69. The van der Waals surface area contributed by atoms with E-state index in [1.165, 1.54) is 19.0 Å². The van der Waals surface area contributed by atoms with Crippen LogP contribution in [0.3, 0.4) is 0 Å². The van der Waals surface area contributed by atoms with Crippen LogP contribution in [0, 0.1) is 11.8 Å². The standard InChI is InChI=1S/C19H27N3O3/c23-17-6-2-1-4-14(17)16-5-3-9-22(16)19(24)15-10-21-18(11-20-15)25-12-13-7-8-13/h10-11,13-14,16-17,23H,1-9,12H2/t14-,16-,17-/m1/s1. The molecule has 2 saturated carbocycles. The molecule has 0 radical (unpaired) electrons. The zero-order valence-corrected chi connectivity index (χ0v) is 14.6. The monoisotopic (exact) mass is 345 g/mol. The van der Waals surface area contributed by atoms with Gasteiger partial charge in [0, 0.05) is 18.5 Å². The smallest absolute Gasteiger partial charge is 0.274 e. The van der Waals surface area contributed by atoms with E-state index in [2.05, 4.69) is 9.97 Å². The van der Waals surface area contributed by atoms with E-state index in [9.17, 15) is 9.90 Å². The number of carbonyl (C=O) groups excluding carboxylic acids is 1. The van der Waals surface area contributed by atoms with Gasteiger partial charge in [0.25, 0.3) is 5.91 Å². The van der Waals surface area contributed by atoms with Gasteiger partial charge in [0.1, 0.15) is 5.69 Å². The Morgan fingerprint density at radius 1 is 1.12 bits per heavy atom. The van der Waals surface area contributed by atoms with Crippen molar-refractivity contribution in [3.8, 4) is 5.88 Å². The second-order valence-electron chi connectivity index (χ2n) is 7.72. The third-order valence-electron chi connectivity index (χ3n) is 5.85. The molecule has 25 heavy (non-hydrogen) atoms. The molecule has 0 bridgehead atoms. The number of hydrogen-bond acceptors (Lipinski definition) is 5. The molecule has 0 unspecified atom stereocenters. The summed E-state index contributed by atoms with van der Waals surface area (Å²) in [6.07, 6.45) is 11.3. The summed E-state index contributed by atoms with van der Waals surface area (Å²) in [5.41, 5.74) is 0.371. The summed E-state index contributed by atoms with van der Waals surface area (Å²) < 4.78 is 5.59. The van der Waals surface area contributed by atoms with Crippen molar-refractivity contribution in [2.24, 2.45) is 11.8 Å². The first-order chi connectivity index (χ1) is 12.2. The summed E-state index contributed by atoms with van der Waals surface area (Å²) in [7, 11) is 0. The number of aliphatic hydroxyl groups excluding tert-OH is 1. The van der Waals surface area contributed by atoms with Crippen LogP contribution in [-0.4, -0.2) is 51.2 Å². The van der Waals surface area contributed by atoms with E-state index in [-0.39, 0.29) is 24.0 Å². The molecule has 3 fully saturated rings. The van der Waals surface area contributed by atoms with Gasteiger partial charge in [-0.15, -0.1) is 0 Å². The van der Waals surface area contributed by atoms with Crippen LogP contribution < -0.4 is 4.74 Å². The van der Waals surface area contributed by atoms with Crippen LogP contribution in [0.1, 0.15) is 61.9 Å². The van der Waals surface area contributed by atoms with Crippen LogP contribution in [0.4, 0.5) is 0 Å². The highest BCUT2D eigenvalue weighted by atomic mass is 16.5. The molecule has 0 spiro atoms.